The fraction of sp³-hybridized carbons (Fsp3) is 0.396. The predicted molar refractivity (Wildman–Crippen MR) is 237 cm³/mol. The summed E-state index contributed by atoms with van der Waals surface area (Å²) < 4.78 is 64.3. The minimum Gasteiger partial charge on any atom is -0.490 e. The molecule has 1 atom stereocenters. The number of piperazine rings is 1. The minimum atomic E-state index is -0.751. The third kappa shape index (κ3) is 9.68. The average Bonchev–Trinajstić information content (AvgIpc) is 3.63. The van der Waals surface area contributed by atoms with Gasteiger partial charge in [0.2, 0.25) is 11.8 Å². The molecule has 1 aromatic heterocycles. The lowest BCUT2D eigenvalue weighted by molar-refractivity contribution is -0.136. The van der Waals surface area contributed by atoms with E-state index in [0.29, 0.717) is 49.7 Å². The Labute approximate surface area is 379 Å². The van der Waals surface area contributed by atoms with E-state index in [1.807, 2.05) is 29.2 Å². The van der Waals surface area contributed by atoms with Crippen LogP contribution in [0.25, 0.3) is 22.0 Å². The Kier molecular flexibility index (Phi) is 13.6. The number of anilines is 1. The van der Waals surface area contributed by atoms with Gasteiger partial charge in [0.05, 0.1) is 37.0 Å². The van der Waals surface area contributed by atoms with Crippen LogP contribution in [0, 0.1) is 17.5 Å². The zero-order valence-electron chi connectivity index (χ0n) is 35.7. The van der Waals surface area contributed by atoms with Gasteiger partial charge in [-0.1, -0.05) is 41.9 Å². The van der Waals surface area contributed by atoms with Crippen LogP contribution >= 0.6 is 11.6 Å². The third-order valence-corrected chi connectivity index (χ3v) is 13.0. The van der Waals surface area contributed by atoms with Gasteiger partial charge < -0.3 is 34.2 Å². The van der Waals surface area contributed by atoms with Crippen molar-refractivity contribution >= 4 is 46.0 Å². The van der Waals surface area contributed by atoms with Gasteiger partial charge in [0.25, 0.3) is 5.91 Å². The molecule has 3 fully saturated rings. The number of halogens is 4. The molecule has 340 valence electrons. The first-order valence-corrected chi connectivity index (χ1v) is 22.4. The Morgan fingerprint density at radius 1 is 0.815 bits per heavy atom. The molecular weight excluding hydrogens is 863 g/mol. The van der Waals surface area contributed by atoms with Gasteiger partial charge in [-0.05, 0) is 90.9 Å². The van der Waals surface area contributed by atoms with Crippen LogP contribution in [0.1, 0.15) is 64.2 Å². The van der Waals surface area contributed by atoms with Crippen molar-refractivity contribution in [2.24, 2.45) is 0 Å². The lowest BCUT2D eigenvalue weighted by atomic mass is 9.85. The van der Waals surface area contributed by atoms with Crippen molar-refractivity contribution in [2.75, 3.05) is 70.5 Å². The van der Waals surface area contributed by atoms with Crippen LogP contribution in [-0.4, -0.2) is 109 Å². The Hall–Kier alpha value is -5.65. The second kappa shape index (κ2) is 19.8. The normalized spacial score (nSPS) is 18.4. The van der Waals surface area contributed by atoms with Gasteiger partial charge in [-0.2, -0.15) is 0 Å². The first-order valence-electron chi connectivity index (χ1n) is 22.1. The number of hydrogen-bond donors (Lipinski definition) is 2. The van der Waals surface area contributed by atoms with E-state index in [-0.39, 0.29) is 77.7 Å². The maximum absolute atomic E-state index is 16.2. The van der Waals surface area contributed by atoms with E-state index >= 15 is 8.78 Å². The molecule has 0 spiro atoms. The predicted octanol–water partition coefficient (Wildman–Crippen LogP) is 6.53. The maximum Gasteiger partial charge on any atom is 0.255 e. The standard InChI is InChI=1S/C48H49ClF3N7O6/c49-37-24-35-45(54-28-55-46(35)58-16-12-53-13-17-58)44(52)42(37)43-38(51)2-1-3-40(43)65-21-20-64-27-30-6-4-29(5-7-30)26-63-19-18-57-14-10-31(11-15-57)33-22-32(50)23-34-36(33)25-59(48(34)62)39-8-9-41(60)56-47(39)61/h1-7,22-24,28,31,39,53H,8-21,25-27H2,(H,56,60,61). The fourth-order valence-electron chi connectivity index (χ4n) is 9.34. The van der Waals surface area contributed by atoms with E-state index in [1.54, 1.807) is 12.1 Å². The molecular formula is C48H49ClF3N7O6. The Morgan fingerprint density at radius 2 is 1.55 bits per heavy atom. The molecule has 9 rings (SSSR count). The average molecular weight is 912 g/mol. The smallest absolute Gasteiger partial charge is 0.255 e. The van der Waals surface area contributed by atoms with Crippen molar-refractivity contribution in [1.82, 2.24) is 30.4 Å². The maximum atomic E-state index is 16.2. The largest absolute Gasteiger partial charge is 0.490 e. The van der Waals surface area contributed by atoms with Crippen molar-refractivity contribution in [3.63, 3.8) is 0 Å². The molecule has 5 heterocycles. The number of rotatable bonds is 15. The number of benzene rings is 4. The summed E-state index contributed by atoms with van der Waals surface area (Å²) >= 11 is 6.68. The highest BCUT2D eigenvalue weighted by Gasteiger charge is 2.41. The van der Waals surface area contributed by atoms with E-state index in [9.17, 15) is 18.8 Å². The number of aromatic nitrogens is 2. The van der Waals surface area contributed by atoms with Gasteiger partial charge in [0.15, 0.2) is 5.82 Å². The molecule has 0 radical (unpaired) electrons. The zero-order valence-corrected chi connectivity index (χ0v) is 36.5. The number of nitrogens with zero attached hydrogens (tertiary/aromatic N) is 5. The zero-order chi connectivity index (χ0) is 45.0. The SMILES string of the molecule is O=C1CCC(N2Cc3c(cc(F)cc3C3CCN(CCOCc4ccc(COCCOc5cccc(F)c5-c5c(Cl)cc6c(N7CCNCC7)ncnc6c5F)cc4)CC3)C2=O)C(=O)N1. The number of carbonyl (C=O) groups is 3. The number of amides is 3. The summed E-state index contributed by atoms with van der Waals surface area (Å²) in [4.78, 5) is 52.0. The van der Waals surface area contributed by atoms with E-state index in [1.165, 1.54) is 35.5 Å². The Morgan fingerprint density at radius 3 is 2.29 bits per heavy atom. The molecule has 0 saturated carbocycles. The van der Waals surface area contributed by atoms with E-state index < -0.39 is 29.4 Å². The molecule has 5 aromatic rings. The third-order valence-electron chi connectivity index (χ3n) is 12.7. The molecule has 4 aliphatic heterocycles. The van der Waals surface area contributed by atoms with Crippen molar-refractivity contribution < 1.29 is 41.8 Å². The summed E-state index contributed by atoms with van der Waals surface area (Å²) in [6.45, 7) is 7.10. The summed E-state index contributed by atoms with van der Waals surface area (Å²) in [6, 6.07) is 15.9. The number of fused-ring (bicyclic) bond motifs is 2. The van der Waals surface area contributed by atoms with Gasteiger partial charge in [0.1, 0.15) is 47.7 Å². The van der Waals surface area contributed by atoms with Crippen LogP contribution in [0.2, 0.25) is 5.02 Å². The summed E-state index contributed by atoms with van der Waals surface area (Å²) in [5, 5.41) is 6.09. The van der Waals surface area contributed by atoms with Gasteiger partial charge in [-0.25, -0.2) is 23.1 Å². The van der Waals surface area contributed by atoms with Crippen LogP contribution in [0.5, 0.6) is 5.75 Å². The van der Waals surface area contributed by atoms with Crippen LogP contribution in [0.15, 0.2) is 67.0 Å². The van der Waals surface area contributed by atoms with Gasteiger partial charge >= 0.3 is 0 Å². The molecule has 3 saturated heterocycles. The summed E-state index contributed by atoms with van der Waals surface area (Å²) in [7, 11) is 0. The number of hydrogen-bond acceptors (Lipinski definition) is 11. The number of carbonyl (C=O) groups excluding carboxylic acids is 3. The van der Waals surface area contributed by atoms with Crippen molar-refractivity contribution in [1.29, 1.82) is 0 Å². The molecule has 4 aromatic carbocycles. The molecule has 65 heavy (non-hydrogen) atoms. The van der Waals surface area contributed by atoms with Crippen LogP contribution < -0.4 is 20.3 Å². The van der Waals surface area contributed by atoms with Gasteiger partial charge in [-0.3, -0.25) is 19.7 Å². The number of likely N-dealkylation sites (tertiary alicyclic amines) is 1. The van der Waals surface area contributed by atoms with Crippen molar-refractivity contribution in [3.8, 4) is 16.9 Å². The quantitative estimate of drug-likeness (QED) is 0.0877. The first-order chi connectivity index (χ1) is 31.6. The molecule has 17 heteroatoms. The highest BCUT2D eigenvalue weighted by molar-refractivity contribution is 6.34. The number of ether oxygens (including phenoxy) is 3. The second-order valence-corrected chi connectivity index (χ2v) is 17.2. The van der Waals surface area contributed by atoms with Gasteiger partial charge in [0, 0.05) is 62.2 Å². The second-order valence-electron chi connectivity index (χ2n) is 16.8. The van der Waals surface area contributed by atoms with E-state index in [2.05, 4.69) is 25.5 Å². The summed E-state index contributed by atoms with van der Waals surface area (Å²) in [6.07, 6.45) is 3.34. The fourth-order valence-corrected chi connectivity index (χ4v) is 9.63. The molecule has 2 N–H and O–H groups in total. The highest BCUT2D eigenvalue weighted by Crippen LogP contribution is 2.43. The molecule has 13 nitrogen and oxygen atoms in total. The van der Waals surface area contributed by atoms with E-state index in [4.69, 9.17) is 25.8 Å². The van der Waals surface area contributed by atoms with Crippen LogP contribution in [-0.2, 0) is 38.8 Å². The Balaban J connectivity index is 0.711. The lowest BCUT2D eigenvalue weighted by Crippen LogP contribution is -2.52. The van der Waals surface area contributed by atoms with Crippen molar-refractivity contribution in [3.05, 3.63) is 117 Å². The molecule has 0 aliphatic carbocycles. The topological polar surface area (TPSA) is 138 Å². The molecule has 4 aliphatic rings. The lowest BCUT2D eigenvalue weighted by Gasteiger charge is -2.33. The summed E-state index contributed by atoms with van der Waals surface area (Å²) in [5.74, 6) is -2.30. The van der Waals surface area contributed by atoms with Crippen molar-refractivity contribution in [2.45, 2.75) is 57.4 Å². The van der Waals surface area contributed by atoms with Crippen LogP contribution in [0.3, 0.4) is 0 Å². The minimum absolute atomic E-state index is 0.0220. The monoisotopic (exact) mass is 911 g/mol. The molecule has 0 bridgehead atoms. The van der Waals surface area contributed by atoms with E-state index in [0.717, 1.165) is 67.8 Å². The molecule has 3 amide bonds. The number of nitrogens with one attached hydrogen (secondary N) is 2. The highest BCUT2D eigenvalue weighted by atomic mass is 35.5. The first kappa shape index (κ1) is 44.5. The summed E-state index contributed by atoms with van der Waals surface area (Å²) in [5.41, 5.74) is 3.72. The van der Waals surface area contributed by atoms with Crippen LogP contribution in [0.4, 0.5) is 19.0 Å². The van der Waals surface area contributed by atoms with Gasteiger partial charge in [-0.15, -0.1) is 0 Å². The number of piperidine rings is 2. The molecule has 1 unspecified atom stereocenters. The Bertz CT molecular complexity index is 2590. The number of imide groups is 1.